The number of benzene rings is 2. The van der Waals surface area contributed by atoms with Crippen molar-refractivity contribution in [3.8, 4) is 0 Å². The van der Waals surface area contributed by atoms with Gasteiger partial charge in [0.05, 0.1) is 0 Å². The first-order valence-corrected chi connectivity index (χ1v) is 13.3. The molecule has 2 rings (SSSR count). The number of hydrogen-bond acceptors (Lipinski definition) is 4. The Kier molecular flexibility index (Phi) is 10.1. The largest absolute Gasteiger partial charge is 0.444 e. The number of nitrogens with zero attached hydrogens (tertiary/aromatic N) is 1. The lowest BCUT2D eigenvalue weighted by Gasteiger charge is -2.45. The lowest BCUT2D eigenvalue weighted by molar-refractivity contribution is -0.148. The Balaban J connectivity index is 2.63. The van der Waals surface area contributed by atoms with Crippen LogP contribution in [0.3, 0.4) is 0 Å². The van der Waals surface area contributed by atoms with Gasteiger partial charge in [0.1, 0.15) is 17.7 Å². The van der Waals surface area contributed by atoms with E-state index in [1.54, 1.807) is 25.7 Å². The van der Waals surface area contributed by atoms with Crippen LogP contribution < -0.4 is 10.6 Å². The summed E-state index contributed by atoms with van der Waals surface area (Å²) in [7, 11) is 0. The van der Waals surface area contributed by atoms with Gasteiger partial charge in [-0.2, -0.15) is 0 Å². The van der Waals surface area contributed by atoms with Crippen LogP contribution in [0.25, 0.3) is 0 Å². The second-order valence-corrected chi connectivity index (χ2v) is 11.9. The molecule has 208 valence electrons. The van der Waals surface area contributed by atoms with Crippen LogP contribution in [0, 0.1) is 19.8 Å². The number of amides is 3. The van der Waals surface area contributed by atoms with Crippen LogP contribution in [-0.2, 0) is 14.3 Å². The van der Waals surface area contributed by atoms with Crippen LogP contribution in [0.1, 0.15) is 84.5 Å². The molecule has 0 aliphatic heterocycles. The van der Waals surface area contributed by atoms with Gasteiger partial charge in [-0.3, -0.25) is 9.59 Å². The summed E-state index contributed by atoms with van der Waals surface area (Å²) in [5.74, 6) is -0.913. The summed E-state index contributed by atoms with van der Waals surface area (Å²) >= 11 is 0. The number of ether oxygens (including phenoxy) is 1. The lowest BCUT2D eigenvalue weighted by Crippen LogP contribution is -2.60. The smallest absolute Gasteiger partial charge is 0.408 e. The maximum atomic E-state index is 14.4. The molecule has 0 fully saturated rings. The summed E-state index contributed by atoms with van der Waals surface area (Å²) in [6.07, 6.45) is -0.0780. The molecular formula is C31H45N3O4. The van der Waals surface area contributed by atoms with E-state index >= 15 is 0 Å². The normalized spacial score (nSPS) is 13.4. The third kappa shape index (κ3) is 8.07. The van der Waals surface area contributed by atoms with Crippen molar-refractivity contribution in [2.75, 3.05) is 5.32 Å². The summed E-state index contributed by atoms with van der Waals surface area (Å²) in [4.78, 5) is 42.8. The molecule has 7 heteroatoms. The molecule has 0 aliphatic rings. The SMILES string of the molecule is CCC(C)(C)N(C(=O)C(NC(=O)OC(C)(C)C)C(C)C)C(C(=O)Nc1ccccc1C)c1ccc(C)cc1. The van der Waals surface area contributed by atoms with Crippen LogP contribution in [-0.4, -0.2) is 40.0 Å². The topological polar surface area (TPSA) is 87.7 Å². The molecule has 2 unspecified atom stereocenters. The van der Waals surface area contributed by atoms with Crippen LogP contribution in [0.15, 0.2) is 48.5 Å². The highest BCUT2D eigenvalue weighted by atomic mass is 16.6. The fourth-order valence-corrected chi connectivity index (χ4v) is 4.12. The number of rotatable bonds is 9. The van der Waals surface area contributed by atoms with Crippen molar-refractivity contribution in [3.63, 3.8) is 0 Å². The van der Waals surface area contributed by atoms with Crippen molar-refractivity contribution in [2.24, 2.45) is 5.92 Å². The summed E-state index contributed by atoms with van der Waals surface area (Å²) in [6.45, 7) is 18.8. The summed E-state index contributed by atoms with van der Waals surface area (Å²) in [6, 6.07) is 13.4. The van der Waals surface area contributed by atoms with E-state index in [9.17, 15) is 14.4 Å². The Bertz CT molecular complexity index is 1120. The molecule has 7 nitrogen and oxygen atoms in total. The monoisotopic (exact) mass is 523 g/mol. The lowest BCUT2D eigenvalue weighted by atomic mass is 9.90. The van der Waals surface area contributed by atoms with Crippen molar-refractivity contribution in [1.29, 1.82) is 0 Å². The number of alkyl carbamates (subject to hydrolysis) is 1. The van der Waals surface area contributed by atoms with Gasteiger partial charge < -0.3 is 20.3 Å². The minimum atomic E-state index is -0.931. The van der Waals surface area contributed by atoms with Gasteiger partial charge in [-0.15, -0.1) is 0 Å². The molecule has 0 bridgehead atoms. The zero-order chi connectivity index (χ0) is 28.8. The molecule has 2 atom stereocenters. The van der Waals surface area contributed by atoms with E-state index in [1.165, 1.54) is 0 Å². The summed E-state index contributed by atoms with van der Waals surface area (Å²) in [5, 5.41) is 5.83. The Morgan fingerprint density at radius 1 is 0.921 bits per heavy atom. The van der Waals surface area contributed by atoms with Gasteiger partial charge in [-0.05, 0) is 78.0 Å². The van der Waals surface area contributed by atoms with Crippen LogP contribution >= 0.6 is 0 Å². The van der Waals surface area contributed by atoms with Crippen molar-refractivity contribution < 1.29 is 19.1 Å². The molecule has 0 heterocycles. The van der Waals surface area contributed by atoms with Crippen molar-refractivity contribution in [3.05, 3.63) is 65.2 Å². The molecular weight excluding hydrogens is 478 g/mol. The van der Waals surface area contributed by atoms with Crippen molar-refractivity contribution in [1.82, 2.24) is 10.2 Å². The number of hydrogen-bond donors (Lipinski definition) is 2. The van der Waals surface area contributed by atoms with E-state index in [4.69, 9.17) is 4.74 Å². The number of anilines is 1. The van der Waals surface area contributed by atoms with Crippen molar-refractivity contribution >= 4 is 23.6 Å². The van der Waals surface area contributed by atoms with Gasteiger partial charge in [-0.25, -0.2) is 4.79 Å². The van der Waals surface area contributed by atoms with Gasteiger partial charge in [0.15, 0.2) is 0 Å². The molecule has 2 aromatic rings. The van der Waals surface area contributed by atoms with E-state index in [-0.39, 0.29) is 17.7 Å². The molecule has 0 aromatic heterocycles. The van der Waals surface area contributed by atoms with E-state index < -0.39 is 29.3 Å². The second-order valence-electron chi connectivity index (χ2n) is 11.9. The highest BCUT2D eigenvalue weighted by Gasteiger charge is 2.44. The average Bonchev–Trinajstić information content (AvgIpc) is 2.81. The van der Waals surface area contributed by atoms with Crippen LogP contribution in [0.2, 0.25) is 0 Å². The third-order valence-electron chi connectivity index (χ3n) is 6.66. The highest BCUT2D eigenvalue weighted by molar-refractivity contribution is 5.99. The van der Waals surface area contributed by atoms with E-state index in [2.05, 4.69) is 10.6 Å². The number of carbonyl (C=O) groups is 3. The molecule has 0 saturated carbocycles. The van der Waals surface area contributed by atoms with Crippen molar-refractivity contribution in [2.45, 2.75) is 98.9 Å². The molecule has 0 aliphatic carbocycles. The van der Waals surface area contributed by atoms with E-state index in [0.717, 1.165) is 11.1 Å². The fourth-order valence-electron chi connectivity index (χ4n) is 4.12. The molecule has 3 amide bonds. The van der Waals surface area contributed by atoms with Gasteiger partial charge >= 0.3 is 6.09 Å². The Labute approximate surface area is 228 Å². The molecule has 2 aromatic carbocycles. The maximum absolute atomic E-state index is 14.4. The maximum Gasteiger partial charge on any atom is 0.408 e. The van der Waals surface area contributed by atoms with Gasteiger partial charge in [0, 0.05) is 11.2 Å². The number of nitrogens with one attached hydrogen (secondary N) is 2. The first kappa shape index (κ1) is 30.9. The van der Waals surface area contributed by atoms with E-state index in [0.29, 0.717) is 17.7 Å². The third-order valence-corrected chi connectivity index (χ3v) is 6.66. The summed E-state index contributed by atoms with van der Waals surface area (Å²) < 4.78 is 5.46. The second kappa shape index (κ2) is 12.5. The Hall–Kier alpha value is -3.35. The molecule has 0 spiro atoms. The standard InChI is InChI=1S/C31H45N3O4/c1-11-31(9,10)34(28(36)25(20(2)3)33-29(37)38-30(6,7)8)26(23-18-16-21(4)17-19-23)27(35)32-24-15-13-12-14-22(24)5/h12-20,25-26H,11H2,1-10H3,(H,32,35)(H,33,37). The first-order valence-electron chi connectivity index (χ1n) is 13.3. The number of aryl methyl sites for hydroxylation is 2. The van der Waals surface area contributed by atoms with Gasteiger partial charge in [-0.1, -0.05) is 68.8 Å². The molecule has 38 heavy (non-hydrogen) atoms. The quantitative estimate of drug-likeness (QED) is 0.390. The minimum Gasteiger partial charge on any atom is -0.444 e. The average molecular weight is 524 g/mol. The minimum absolute atomic E-state index is 0.247. The van der Waals surface area contributed by atoms with Gasteiger partial charge in [0.2, 0.25) is 5.91 Å². The number of carbonyl (C=O) groups excluding carboxylic acids is 3. The highest BCUT2D eigenvalue weighted by Crippen LogP contribution is 2.34. The van der Waals surface area contributed by atoms with E-state index in [1.807, 2.05) is 97.0 Å². The molecule has 0 radical (unpaired) electrons. The van der Waals surface area contributed by atoms with Crippen LogP contribution in [0.4, 0.5) is 10.5 Å². The predicted molar refractivity (Wildman–Crippen MR) is 153 cm³/mol. The molecule has 2 N–H and O–H groups in total. The zero-order valence-electron chi connectivity index (χ0n) is 24.6. The predicted octanol–water partition coefficient (Wildman–Crippen LogP) is 6.55. The van der Waals surface area contributed by atoms with Gasteiger partial charge in [0.25, 0.3) is 5.91 Å². The zero-order valence-corrected chi connectivity index (χ0v) is 24.6. The first-order chi connectivity index (χ1) is 17.6. The number of para-hydroxylation sites is 1. The Morgan fingerprint density at radius 3 is 2.00 bits per heavy atom. The van der Waals surface area contributed by atoms with Crippen LogP contribution in [0.5, 0.6) is 0 Å². The molecule has 0 saturated heterocycles. The fraction of sp³-hybridized carbons (Fsp3) is 0.516. The summed E-state index contributed by atoms with van der Waals surface area (Å²) in [5.41, 5.74) is 1.92. The Morgan fingerprint density at radius 2 is 1.50 bits per heavy atom.